The highest BCUT2D eigenvalue weighted by Gasteiger charge is 2.13. The first-order valence-corrected chi connectivity index (χ1v) is 7.09. The lowest BCUT2D eigenvalue weighted by Crippen LogP contribution is -2.09. The van der Waals surface area contributed by atoms with Crippen molar-refractivity contribution in [3.05, 3.63) is 44.8 Å². The van der Waals surface area contributed by atoms with Crippen LogP contribution in [0.1, 0.15) is 28.2 Å². The van der Waals surface area contributed by atoms with Crippen LogP contribution in [0.15, 0.2) is 24.3 Å². The molecule has 0 spiro atoms. The number of halogens is 1. The van der Waals surface area contributed by atoms with Crippen molar-refractivity contribution in [3.63, 3.8) is 0 Å². The van der Waals surface area contributed by atoms with Crippen molar-refractivity contribution in [2.75, 3.05) is 0 Å². The molecule has 1 aromatic heterocycles. The van der Waals surface area contributed by atoms with Crippen LogP contribution in [-0.4, -0.2) is 20.7 Å². The second-order valence-corrected chi connectivity index (χ2v) is 5.48. The van der Waals surface area contributed by atoms with Gasteiger partial charge in [0.15, 0.2) is 5.78 Å². The highest BCUT2D eigenvalue weighted by atomic mass is 127. The van der Waals surface area contributed by atoms with E-state index in [1.165, 1.54) is 6.07 Å². The van der Waals surface area contributed by atoms with Crippen LogP contribution >= 0.6 is 22.6 Å². The van der Waals surface area contributed by atoms with Gasteiger partial charge < -0.3 is 5.11 Å². The lowest BCUT2D eigenvalue weighted by atomic mass is 10.1. The maximum absolute atomic E-state index is 12.0. The van der Waals surface area contributed by atoms with E-state index in [9.17, 15) is 9.90 Å². The molecule has 2 aromatic rings. The van der Waals surface area contributed by atoms with Crippen LogP contribution in [-0.2, 0) is 6.54 Å². The van der Waals surface area contributed by atoms with Crippen LogP contribution in [0.25, 0.3) is 0 Å². The normalized spacial score (nSPS) is 10.7. The molecule has 2 rings (SSSR count). The van der Waals surface area contributed by atoms with E-state index in [1.54, 1.807) is 18.2 Å². The number of nitrogens with zero attached hydrogens (tertiary/aromatic N) is 2. The summed E-state index contributed by atoms with van der Waals surface area (Å²) in [6.07, 6.45) is 0.329. The molecule has 5 heteroatoms. The van der Waals surface area contributed by atoms with Crippen molar-refractivity contribution in [1.82, 2.24) is 9.78 Å². The van der Waals surface area contributed by atoms with Gasteiger partial charge in [-0.3, -0.25) is 9.48 Å². The summed E-state index contributed by atoms with van der Waals surface area (Å²) in [5, 5.41) is 14.0. The third kappa shape index (κ3) is 2.97. The Bertz CT molecular complexity index is 620. The Balaban J connectivity index is 2.09. The number of hydrogen-bond donors (Lipinski definition) is 1. The highest BCUT2D eigenvalue weighted by molar-refractivity contribution is 14.1. The molecule has 1 aromatic carbocycles. The number of para-hydroxylation sites is 1. The third-order valence-corrected chi connectivity index (χ3v) is 4.61. The molecule has 100 valence electrons. The molecule has 0 saturated heterocycles. The molecule has 0 aliphatic carbocycles. The maximum Gasteiger partial charge on any atom is 0.168 e. The van der Waals surface area contributed by atoms with Gasteiger partial charge in [-0.1, -0.05) is 12.1 Å². The summed E-state index contributed by atoms with van der Waals surface area (Å²) in [5.74, 6) is -0.0314. The van der Waals surface area contributed by atoms with Gasteiger partial charge in [-0.25, -0.2) is 0 Å². The van der Waals surface area contributed by atoms with Gasteiger partial charge in [0.25, 0.3) is 0 Å². The summed E-state index contributed by atoms with van der Waals surface area (Å²) >= 11 is 2.26. The van der Waals surface area contributed by atoms with E-state index in [0.29, 0.717) is 18.5 Å². The Kier molecular flexibility index (Phi) is 4.24. The molecule has 0 fully saturated rings. The molecule has 0 atom stereocenters. The summed E-state index contributed by atoms with van der Waals surface area (Å²) in [6.45, 7) is 4.48. The van der Waals surface area contributed by atoms with Crippen LogP contribution < -0.4 is 0 Å². The SMILES string of the molecule is Cc1nn(CCC(=O)c2ccccc2O)c(C)c1I. The van der Waals surface area contributed by atoms with Gasteiger partial charge in [0.05, 0.1) is 14.8 Å². The van der Waals surface area contributed by atoms with Gasteiger partial charge in [0, 0.05) is 18.7 Å². The topological polar surface area (TPSA) is 55.1 Å². The predicted octanol–water partition coefficient (Wildman–Crippen LogP) is 3.08. The predicted molar refractivity (Wildman–Crippen MR) is 81.5 cm³/mol. The average molecular weight is 370 g/mol. The standard InChI is InChI=1S/C14H15IN2O2/c1-9-14(15)10(2)17(16-9)8-7-13(19)11-5-3-4-6-12(11)18/h3-6,18H,7-8H2,1-2H3. The van der Waals surface area contributed by atoms with Crippen LogP contribution in [0, 0.1) is 17.4 Å². The minimum absolute atomic E-state index is 0.0375. The van der Waals surface area contributed by atoms with Gasteiger partial charge >= 0.3 is 0 Å². The summed E-state index contributed by atoms with van der Waals surface area (Å²) in [4.78, 5) is 12.0. The van der Waals surface area contributed by atoms with E-state index in [2.05, 4.69) is 27.7 Å². The van der Waals surface area contributed by atoms with Crippen molar-refractivity contribution in [2.24, 2.45) is 0 Å². The number of aromatic hydroxyl groups is 1. The maximum atomic E-state index is 12.0. The zero-order valence-electron chi connectivity index (χ0n) is 10.9. The number of ketones is 1. The van der Waals surface area contributed by atoms with Gasteiger partial charge in [-0.15, -0.1) is 0 Å². The number of rotatable bonds is 4. The second-order valence-electron chi connectivity index (χ2n) is 4.40. The largest absolute Gasteiger partial charge is 0.507 e. The van der Waals surface area contributed by atoms with E-state index >= 15 is 0 Å². The van der Waals surface area contributed by atoms with Crippen molar-refractivity contribution in [2.45, 2.75) is 26.8 Å². The Morgan fingerprint density at radius 3 is 2.63 bits per heavy atom. The quantitative estimate of drug-likeness (QED) is 0.665. The molecule has 19 heavy (non-hydrogen) atoms. The van der Waals surface area contributed by atoms with Crippen LogP contribution in [0.2, 0.25) is 0 Å². The van der Waals surface area contributed by atoms with Gasteiger partial charge in [-0.2, -0.15) is 5.10 Å². The Hall–Kier alpha value is -1.37. The number of carbonyl (C=O) groups is 1. The van der Waals surface area contributed by atoms with Crippen molar-refractivity contribution in [1.29, 1.82) is 0 Å². The number of phenolic OH excluding ortho intramolecular Hbond substituents is 1. The molecule has 1 heterocycles. The summed E-state index contributed by atoms with van der Waals surface area (Å²) in [6, 6.07) is 6.62. The van der Waals surface area contributed by atoms with Gasteiger partial charge in [0.1, 0.15) is 5.75 Å². The third-order valence-electron chi connectivity index (χ3n) is 3.05. The van der Waals surface area contributed by atoms with Crippen molar-refractivity contribution < 1.29 is 9.90 Å². The van der Waals surface area contributed by atoms with Gasteiger partial charge in [0.2, 0.25) is 0 Å². The fraction of sp³-hybridized carbons (Fsp3) is 0.286. The van der Waals surface area contributed by atoms with Gasteiger partial charge in [-0.05, 0) is 48.6 Å². The molecule has 0 aliphatic rings. The molecule has 1 N–H and O–H groups in total. The first-order chi connectivity index (χ1) is 9.00. The molecule has 0 amide bonds. The van der Waals surface area contributed by atoms with E-state index < -0.39 is 0 Å². The lowest BCUT2D eigenvalue weighted by molar-refractivity contribution is 0.0973. The molecule has 0 radical (unpaired) electrons. The molecule has 0 saturated carbocycles. The molecular formula is C14H15IN2O2. The number of aromatic nitrogens is 2. The van der Waals surface area contributed by atoms with Crippen molar-refractivity contribution >= 4 is 28.4 Å². The number of phenols is 1. The second kappa shape index (κ2) is 5.73. The van der Waals surface area contributed by atoms with Crippen molar-refractivity contribution in [3.8, 4) is 5.75 Å². The van der Waals surface area contributed by atoms with Crippen LogP contribution in [0.3, 0.4) is 0 Å². The summed E-state index contributed by atoms with van der Waals surface area (Å²) < 4.78 is 2.97. The minimum Gasteiger partial charge on any atom is -0.507 e. The summed E-state index contributed by atoms with van der Waals surface area (Å²) in [5.41, 5.74) is 2.43. The van der Waals surface area contributed by atoms with E-state index in [1.807, 2.05) is 18.5 Å². The van der Waals surface area contributed by atoms with E-state index in [0.717, 1.165) is 15.0 Å². The number of carbonyl (C=O) groups excluding carboxylic acids is 1. The van der Waals surface area contributed by atoms with Crippen LogP contribution in [0.5, 0.6) is 5.75 Å². The molecular weight excluding hydrogens is 355 g/mol. The first-order valence-electron chi connectivity index (χ1n) is 6.01. The molecule has 0 unspecified atom stereocenters. The number of hydrogen-bond acceptors (Lipinski definition) is 3. The monoisotopic (exact) mass is 370 g/mol. The minimum atomic E-state index is -0.0688. The number of aryl methyl sites for hydroxylation is 2. The Morgan fingerprint density at radius 2 is 2.05 bits per heavy atom. The van der Waals surface area contributed by atoms with Crippen LogP contribution in [0.4, 0.5) is 0 Å². The average Bonchev–Trinajstić information content (AvgIpc) is 2.64. The Labute approximate surface area is 125 Å². The first kappa shape index (κ1) is 14.0. The number of benzene rings is 1. The summed E-state index contributed by atoms with van der Waals surface area (Å²) in [7, 11) is 0. The molecule has 0 aliphatic heterocycles. The zero-order chi connectivity index (χ0) is 14.0. The van der Waals surface area contributed by atoms with E-state index in [-0.39, 0.29) is 11.5 Å². The number of Topliss-reactive ketones (excluding diaryl/α,β-unsaturated/α-hetero) is 1. The lowest BCUT2D eigenvalue weighted by Gasteiger charge is -2.05. The van der Waals surface area contributed by atoms with E-state index in [4.69, 9.17) is 0 Å². The fourth-order valence-electron chi connectivity index (χ4n) is 1.94. The molecule has 4 nitrogen and oxygen atoms in total. The Morgan fingerprint density at radius 1 is 1.37 bits per heavy atom. The fourth-order valence-corrected chi connectivity index (χ4v) is 2.33. The highest BCUT2D eigenvalue weighted by Crippen LogP contribution is 2.19. The molecule has 0 bridgehead atoms. The zero-order valence-corrected chi connectivity index (χ0v) is 13.0. The smallest absolute Gasteiger partial charge is 0.168 e.